The predicted octanol–water partition coefficient (Wildman–Crippen LogP) is 4.22. The number of hydrogen-bond acceptors (Lipinski definition) is 4. The van der Waals surface area contributed by atoms with Crippen LogP contribution in [0.4, 0.5) is 5.82 Å². The molecular weight excluding hydrogens is 402 g/mol. The maximum atomic E-state index is 12.9. The van der Waals surface area contributed by atoms with E-state index in [1.807, 2.05) is 42.6 Å². The van der Waals surface area contributed by atoms with Gasteiger partial charge in [-0.2, -0.15) is 0 Å². The van der Waals surface area contributed by atoms with E-state index in [1.165, 1.54) is 31.4 Å². The number of hydrogen-bond donors (Lipinski definition) is 2. The van der Waals surface area contributed by atoms with Gasteiger partial charge < -0.3 is 15.3 Å². The summed E-state index contributed by atoms with van der Waals surface area (Å²) in [6.07, 6.45) is 5.59. The van der Waals surface area contributed by atoms with Crippen LogP contribution in [0.5, 0.6) is 0 Å². The smallest absolute Gasteiger partial charge is 0.335 e. The molecule has 1 amide bonds. The Kier molecular flexibility index (Phi) is 6.80. The molecule has 1 fully saturated rings. The number of piperidine rings is 1. The number of aromatic nitrogens is 1. The van der Waals surface area contributed by atoms with Crippen molar-refractivity contribution >= 4 is 17.7 Å². The summed E-state index contributed by atoms with van der Waals surface area (Å²) in [5.41, 5.74) is 2.96. The van der Waals surface area contributed by atoms with E-state index in [4.69, 9.17) is 5.11 Å². The molecule has 1 atom stereocenters. The van der Waals surface area contributed by atoms with Gasteiger partial charge in [0.05, 0.1) is 18.0 Å². The number of carboxylic acid groups (broad SMARTS) is 1. The molecule has 2 heterocycles. The van der Waals surface area contributed by atoms with E-state index in [0.717, 1.165) is 35.6 Å². The molecule has 1 aromatic heterocycles. The first-order valence-corrected chi connectivity index (χ1v) is 11.0. The molecule has 0 spiro atoms. The van der Waals surface area contributed by atoms with Crippen LogP contribution in [0, 0.1) is 0 Å². The maximum Gasteiger partial charge on any atom is 0.335 e. The molecule has 3 aromatic rings. The van der Waals surface area contributed by atoms with Crippen LogP contribution in [0.15, 0.2) is 72.9 Å². The molecule has 0 saturated carbocycles. The monoisotopic (exact) mass is 429 g/mol. The second-order valence-electron chi connectivity index (χ2n) is 8.09. The zero-order chi connectivity index (χ0) is 22.3. The Labute approximate surface area is 187 Å². The number of anilines is 1. The lowest BCUT2D eigenvalue weighted by Gasteiger charge is -2.29. The maximum absolute atomic E-state index is 12.9. The number of pyridine rings is 1. The van der Waals surface area contributed by atoms with Crippen LogP contribution in [0.25, 0.3) is 0 Å². The summed E-state index contributed by atoms with van der Waals surface area (Å²) in [5.74, 6) is -0.160. The lowest BCUT2D eigenvalue weighted by Crippen LogP contribution is -2.32. The molecule has 0 bridgehead atoms. The fraction of sp³-hybridized carbons (Fsp3) is 0.269. The second-order valence-corrected chi connectivity index (χ2v) is 8.09. The summed E-state index contributed by atoms with van der Waals surface area (Å²) >= 11 is 0. The minimum absolute atomic E-state index is 0.127. The molecule has 1 aliphatic heterocycles. The summed E-state index contributed by atoms with van der Waals surface area (Å²) in [4.78, 5) is 30.8. The van der Waals surface area contributed by atoms with E-state index in [2.05, 4.69) is 21.3 Å². The van der Waals surface area contributed by atoms with Gasteiger partial charge in [-0.15, -0.1) is 0 Å². The van der Waals surface area contributed by atoms with Gasteiger partial charge in [0.2, 0.25) is 5.91 Å². The molecular formula is C26H27N3O3. The molecule has 1 saturated heterocycles. The Morgan fingerprint density at radius 1 is 0.938 bits per heavy atom. The molecule has 6 nitrogen and oxygen atoms in total. The number of carbonyl (C=O) groups is 2. The lowest BCUT2D eigenvalue weighted by molar-refractivity contribution is -0.120. The molecule has 164 valence electrons. The SMILES string of the molecule is O=C(Cc1ccc(C(=O)O)cc1)NC(c1ccccc1)c1ccnc(N2CCCCC2)c1. The topological polar surface area (TPSA) is 82.5 Å². The summed E-state index contributed by atoms with van der Waals surface area (Å²) in [6.45, 7) is 2.01. The van der Waals surface area contributed by atoms with E-state index < -0.39 is 5.97 Å². The summed E-state index contributed by atoms with van der Waals surface area (Å²) in [6, 6.07) is 20.0. The number of rotatable bonds is 7. The van der Waals surface area contributed by atoms with Crippen molar-refractivity contribution in [1.29, 1.82) is 0 Å². The third kappa shape index (κ3) is 5.32. The zero-order valence-electron chi connectivity index (χ0n) is 17.9. The Balaban J connectivity index is 1.55. The fourth-order valence-electron chi connectivity index (χ4n) is 4.08. The molecule has 0 radical (unpaired) electrons. The Hall–Kier alpha value is -3.67. The van der Waals surface area contributed by atoms with Gasteiger partial charge in [-0.25, -0.2) is 9.78 Å². The number of nitrogens with one attached hydrogen (secondary N) is 1. The normalized spacial score (nSPS) is 14.6. The van der Waals surface area contributed by atoms with Gasteiger partial charge >= 0.3 is 5.97 Å². The predicted molar refractivity (Wildman–Crippen MR) is 124 cm³/mol. The molecule has 32 heavy (non-hydrogen) atoms. The van der Waals surface area contributed by atoms with E-state index in [0.29, 0.717) is 0 Å². The van der Waals surface area contributed by atoms with Crippen molar-refractivity contribution in [1.82, 2.24) is 10.3 Å². The van der Waals surface area contributed by atoms with Crippen LogP contribution in [0.3, 0.4) is 0 Å². The Bertz CT molecular complexity index is 1060. The van der Waals surface area contributed by atoms with Crippen LogP contribution >= 0.6 is 0 Å². The third-order valence-corrected chi connectivity index (χ3v) is 5.79. The number of aromatic carboxylic acids is 1. The Morgan fingerprint density at radius 2 is 1.66 bits per heavy atom. The molecule has 2 N–H and O–H groups in total. The fourth-order valence-corrected chi connectivity index (χ4v) is 4.08. The van der Waals surface area contributed by atoms with E-state index in [1.54, 1.807) is 12.1 Å². The van der Waals surface area contributed by atoms with E-state index in [9.17, 15) is 9.59 Å². The number of carbonyl (C=O) groups excluding carboxylic acids is 1. The van der Waals surface area contributed by atoms with Crippen molar-refractivity contribution in [3.8, 4) is 0 Å². The van der Waals surface area contributed by atoms with Crippen molar-refractivity contribution in [2.45, 2.75) is 31.7 Å². The van der Waals surface area contributed by atoms with Gasteiger partial charge in [0.1, 0.15) is 5.82 Å². The first-order valence-electron chi connectivity index (χ1n) is 11.0. The van der Waals surface area contributed by atoms with Gasteiger partial charge in [-0.05, 0) is 60.2 Å². The molecule has 1 aliphatic rings. The van der Waals surface area contributed by atoms with Gasteiger partial charge in [0.15, 0.2) is 0 Å². The van der Waals surface area contributed by atoms with Crippen molar-refractivity contribution in [3.63, 3.8) is 0 Å². The standard InChI is InChI=1S/C26H27N3O3/c30-24(17-19-9-11-21(12-10-19)26(31)32)28-25(20-7-3-1-4-8-20)22-13-14-27-23(18-22)29-15-5-2-6-16-29/h1,3-4,7-14,18,25H,2,5-6,15-17H2,(H,28,30)(H,31,32). The summed E-state index contributed by atoms with van der Waals surface area (Å²) in [7, 11) is 0. The van der Waals surface area contributed by atoms with Gasteiger partial charge in [-0.3, -0.25) is 4.79 Å². The molecule has 2 aromatic carbocycles. The number of nitrogens with zero attached hydrogens (tertiary/aromatic N) is 2. The lowest BCUT2D eigenvalue weighted by atomic mass is 9.98. The summed E-state index contributed by atoms with van der Waals surface area (Å²) < 4.78 is 0. The van der Waals surface area contributed by atoms with Gasteiger partial charge in [0, 0.05) is 19.3 Å². The third-order valence-electron chi connectivity index (χ3n) is 5.79. The van der Waals surface area contributed by atoms with Crippen molar-refractivity contribution in [2.24, 2.45) is 0 Å². The first kappa shape index (κ1) is 21.6. The van der Waals surface area contributed by atoms with Crippen molar-refractivity contribution in [2.75, 3.05) is 18.0 Å². The van der Waals surface area contributed by atoms with Crippen LogP contribution in [-0.2, 0) is 11.2 Å². The largest absolute Gasteiger partial charge is 0.478 e. The average Bonchev–Trinajstić information content (AvgIpc) is 2.84. The highest BCUT2D eigenvalue weighted by molar-refractivity contribution is 5.87. The van der Waals surface area contributed by atoms with Crippen molar-refractivity contribution < 1.29 is 14.7 Å². The van der Waals surface area contributed by atoms with Crippen LogP contribution in [-0.4, -0.2) is 35.1 Å². The van der Waals surface area contributed by atoms with Crippen molar-refractivity contribution in [3.05, 3.63) is 95.2 Å². The summed E-state index contributed by atoms with van der Waals surface area (Å²) in [5, 5.41) is 12.2. The van der Waals surface area contributed by atoms with Crippen LogP contribution in [0.2, 0.25) is 0 Å². The molecule has 1 unspecified atom stereocenters. The van der Waals surface area contributed by atoms with Gasteiger partial charge in [-0.1, -0.05) is 42.5 Å². The zero-order valence-corrected chi connectivity index (χ0v) is 17.9. The molecule has 4 rings (SSSR count). The van der Waals surface area contributed by atoms with Crippen LogP contribution in [0.1, 0.15) is 52.4 Å². The minimum Gasteiger partial charge on any atom is -0.478 e. The van der Waals surface area contributed by atoms with E-state index >= 15 is 0 Å². The highest BCUT2D eigenvalue weighted by Crippen LogP contribution is 2.26. The number of carboxylic acids is 1. The van der Waals surface area contributed by atoms with E-state index in [-0.39, 0.29) is 23.9 Å². The number of amides is 1. The second kappa shape index (κ2) is 10.1. The first-order chi connectivity index (χ1) is 15.6. The van der Waals surface area contributed by atoms with Crippen LogP contribution < -0.4 is 10.2 Å². The Morgan fingerprint density at radius 3 is 2.34 bits per heavy atom. The average molecular weight is 430 g/mol. The molecule has 0 aliphatic carbocycles. The minimum atomic E-state index is -0.979. The quantitative estimate of drug-likeness (QED) is 0.588. The molecule has 6 heteroatoms. The number of benzene rings is 2. The van der Waals surface area contributed by atoms with Gasteiger partial charge in [0.25, 0.3) is 0 Å². The highest BCUT2D eigenvalue weighted by Gasteiger charge is 2.20. The highest BCUT2D eigenvalue weighted by atomic mass is 16.4.